The van der Waals surface area contributed by atoms with Crippen LogP contribution in [0.25, 0.3) is 6.08 Å². The van der Waals surface area contributed by atoms with E-state index in [2.05, 4.69) is 5.32 Å². The van der Waals surface area contributed by atoms with Crippen molar-refractivity contribution in [3.63, 3.8) is 0 Å². The molecule has 1 N–H and O–H groups in total. The minimum Gasteiger partial charge on any atom is -0.496 e. The van der Waals surface area contributed by atoms with Crippen molar-refractivity contribution in [2.75, 3.05) is 20.8 Å². The van der Waals surface area contributed by atoms with Crippen molar-refractivity contribution in [2.45, 2.75) is 20.3 Å². The lowest BCUT2D eigenvalue weighted by atomic mass is 10.0. The van der Waals surface area contributed by atoms with E-state index in [9.17, 15) is 10.1 Å². The van der Waals surface area contributed by atoms with Crippen LogP contribution >= 0.6 is 0 Å². The Hall–Kier alpha value is -2.48. The largest absolute Gasteiger partial charge is 0.496 e. The summed E-state index contributed by atoms with van der Waals surface area (Å²) < 4.78 is 10.6. The Morgan fingerprint density at radius 3 is 2.62 bits per heavy atom. The van der Waals surface area contributed by atoms with Gasteiger partial charge in [-0.25, -0.2) is 0 Å². The molecule has 0 aromatic heterocycles. The van der Waals surface area contributed by atoms with Crippen LogP contribution in [0.1, 0.15) is 24.5 Å². The third kappa shape index (κ3) is 3.99. The van der Waals surface area contributed by atoms with E-state index in [1.165, 1.54) is 13.2 Å². The Labute approximate surface area is 125 Å². The summed E-state index contributed by atoms with van der Waals surface area (Å²) in [4.78, 5) is 11.9. The fraction of sp³-hybridized carbons (Fsp3) is 0.375. The van der Waals surface area contributed by atoms with Gasteiger partial charge in [0.05, 0.1) is 19.8 Å². The van der Waals surface area contributed by atoms with Crippen molar-refractivity contribution in [3.8, 4) is 17.6 Å². The van der Waals surface area contributed by atoms with Gasteiger partial charge in [-0.15, -0.1) is 0 Å². The van der Waals surface area contributed by atoms with Crippen LogP contribution in [0, 0.1) is 18.3 Å². The number of carbonyl (C=O) groups is 1. The number of hydrogen-bond donors (Lipinski definition) is 1. The van der Waals surface area contributed by atoms with Gasteiger partial charge in [0.15, 0.2) is 0 Å². The first kappa shape index (κ1) is 16.6. The first-order chi connectivity index (χ1) is 10.1. The van der Waals surface area contributed by atoms with Gasteiger partial charge < -0.3 is 14.8 Å². The summed E-state index contributed by atoms with van der Waals surface area (Å²) in [5.41, 5.74) is 1.50. The highest BCUT2D eigenvalue weighted by Crippen LogP contribution is 2.33. The molecule has 1 rings (SSSR count). The van der Waals surface area contributed by atoms with Crippen LogP contribution in [0.15, 0.2) is 17.7 Å². The van der Waals surface area contributed by atoms with E-state index >= 15 is 0 Å². The third-order valence-electron chi connectivity index (χ3n) is 2.97. The molecule has 0 fully saturated rings. The van der Waals surface area contributed by atoms with E-state index in [-0.39, 0.29) is 5.57 Å². The van der Waals surface area contributed by atoms with Gasteiger partial charge in [-0.1, -0.05) is 13.0 Å². The molecule has 112 valence electrons. The van der Waals surface area contributed by atoms with Crippen molar-refractivity contribution in [1.82, 2.24) is 5.32 Å². The van der Waals surface area contributed by atoms with Crippen LogP contribution in [-0.2, 0) is 4.79 Å². The highest BCUT2D eigenvalue weighted by Gasteiger charge is 2.15. The molecule has 0 heterocycles. The number of ether oxygens (including phenoxy) is 2. The molecule has 0 aliphatic carbocycles. The normalized spacial score (nSPS) is 10.7. The predicted octanol–water partition coefficient (Wildman–Crippen LogP) is 2.45. The van der Waals surface area contributed by atoms with Crippen molar-refractivity contribution in [3.05, 3.63) is 28.8 Å². The summed E-state index contributed by atoms with van der Waals surface area (Å²) in [6, 6.07) is 5.56. The maximum atomic E-state index is 11.9. The molecule has 5 nitrogen and oxygen atoms in total. The predicted molar refractivity (Wildman–Crippen MR) is 81.2 cm³/mol. The molecule has 21 heavy (non-hydrogen) atoms. The summed E-state index contributed by atoms with van der Waals surface area (Å²) in [5, 5.41) is 11.9. The van der Waals surface area contributed by atoms with E-state index in [1.54, 1.807) is 13.2 Å². The van der Waals surface area contributed by atoms with Crippen LogP contribution in [0.2, 0.25) is 0 Å². The molecule has 0 unspecified atom stereocenters. The summed E-state index contributed by atoms with van der Waals surface area (Å²) in [6.45, 7) is 4.36. The van der Waals surface area contributed by atoms with E-state index in [4.69, 9.17) is 9.47 Å². The maximum absolute atomic E-state index is 11.9. The van der Waals surface area contributed by atoms with Crippen molar-refractivity contribution < 1.29 is 14.3 Å². The first-order valence-corrected chi connectivity index (χ1v) is 6.70. The number of benzene rings is 1. The molecular weight excluding hydrogens is 268 g/mol. The Balaban J connectivity index is 3.31. The Morgan fingerprint density at radius 2 is 2.10 bits per heavy atom. The van der Waals surface area contributed by atoms with E-state index < -0.39 is 5.91 Å². The zero-order chi connectivity index (χ0) is 15.8. The van der Waals surface area contributed by atoms with Gasteiger partial charge in [-0.2, -0.15) is 5.26 Å². The number of nitrogens with one attached hydrogen (secondary N) is 1. The van der Waals surface area contributed by atoms with Crippen LogP contribution in [0.4, 0.5) is 0 Å². The number of nitriles is 1. The molecule has 0 aliphatic heterocycles. The second-order valence-electron chi connectivity index (χ2n) is 4.46. The SMILES string of the molecule is CCCNC(=O)/C(C#N)=C/c1c(OC)ccc(C)c1OC. The Morgan fingerprint density at radius 1 is 1.38 bits per heavy atom. The molecule has 1 aromatic carbocycles. The molecule has 1 amide bonds. The van der Waals surface area contributed by atoms with Gasteiger partial charge >= 0.3 is 0 Å². The van der Waals surface area contributed by atoms with Crippen LogP contribution in [0.3, 0.4) is 0 Å². The molecule has 0 atom stereocenters. The molecule has 0 radical (unpaired) electrons. The first-order valence-electron chi connectivity index (χ1n) is 6.70. The maximum Gasteiger partial charge on any atom is 0.261 e. The van der Waals surface area contributed by atoms with E-state index in [1.807, 2.05) is 26.0 Å². The zero-order valence-electron chi connectivity index (χ0n) is 12.8. The van der Waals surface area contributed by atoms with E-state index in [0.717, 1.165) is 12.0 Å². The van der Waals surface area contributed by atoms with Crippen LogP contribution < -0.4 is 14.8 Å². The van der Waals surface area contributed by atoms with Gasteiger partial charge in [-0.3, -0.25) is 4.79 Å². The summed E-state index contributed by atoms with van der Waals surface area (Å²) >= 11 is 0. The number of aryl methyl sites for hydroxylation is 1. The molecule has 0 saturated carbocycles. The highest BCUT2D eigenvalue weighted by atomic mass is 16.5. The smallest absolute Gasteiger partial charge is 0.261 e. The average Bonchev–Trinajstić information content (AvgIpc) is 2.50. The molecule has 5 heteroatoms. The number of nitrogens with zero attached hydrogens (tertiary/aromatic N) is 1. The fourth-order valence-electron chi connectivity index (χ4n) is 1.90. The summed E-state index contributed by atoms with van der Waals surface area (Å²) in [6.07, 6.45) is 2.30. The molecule has 0 aliphatic rings. The Kier molecular flexibility index (Phi) is 6.28. The van der Waals surface area contributed by atoms with Gasteiger partial charge in [0.25, 0.3) is 5.91 Å². The van der Waals surface area contributed by atoms with Gasteiger partial charge in [0.2, 0.25) is 0 Å². The van der Waals surface area contributed by atoms with Gasteiger partial charge in [-0.05, 0) is 31.1 Å². The number of hydrogen-bond acceptors (Lipinski definition) is 4. The zero-order valence-corrected chi connectivity index (χ0v) is 12.8. The van der Waals surface area contributed by atoms with Crippen molar-refractivity contribution >= 4 is 12.0 Å². The molecule has 0 saturated heterocycles. The second kappa shape index (κ2) is 7.95. The number of rotatable bonds is 6. The molecule has 0 spiro atoms. The summed E-state index contributed by atoms with van der Waals surface area (Å²) in [5.74, 6) is 0.740. The highest BCUT2D eigenvalue weighted by molar-refractivity contribution is 6.02. The lowest BCUT2D eigenvalue weighted by Crippen LogP contribution is -2.25. The number of amides is 1. The standard InChI is InChI=1S/C16H20N2O3/c1-5-8-18-16(19)12(10-17)9-13-14(20-3)7-6-11(2)15(13)21-4/h6-7,9H,5,8H2,1-4H3,(H,18,19)/b12-9+. The van der Waals surface area contributed by atoms with Crippen molar-refractivity contribution in [2.24, 2.45) is 0 Å². The molecule has 1 aromatic rings. The van der Waals surface area contributed by atoms with Gasteiger partial charge in [0, 0.05) is 6.54 Å². The van der Waals surface area contributed by atoms with Gasteiger partial charge in [0.1, 0.15) is 23.1 Å². The minimum absolute atomic E-state index is 0.0191. The van der Waals surface area contributed by atoms with Crippen LogP contribution in [0.5, 0.6) is 11.5 Å². The fourth-order valence-corrected chi connectivity index (χ4v) is 1.90. The summed E-state index contributed by atoms with van der Waals surface area (Å²) in [7, 11) is 3.08. The third-order valence-corrected chi connectivity index (χ3v) is 2.97. The average molecular weight is 288 g/mol. The molecular formula is C16H20N2O3. The van der Waals surface area contributed by atoms with Crippen molar-refractivity contribution in [1.29, 1.82) is 5.26 Å². The second-order valence-corrected chi connectivity index (χ2v) is 4.46. The topological polar surface area (TPSA) is 71.4 Å². The number of carbonyl (C=O) groups excluding carboxylic acids is 1. The lowest BCUT2D eigenvalue weighted by Gasteiger charge is -2.13. The minimum atomic E-state index is -0.398. The quantitative estimate of drug-likeness (QED) is 0.644. The number of methoxy groups -OCH3 is 2. The Bertz CT molecular complexity index is 586. The van der Waals surface area contributed by atoms with Crippen LogP contribution in [-0.4, -0.2) is 26.7 Å². The monoisotopic (exact) mass is 288 g/mol. The lowest BCUT2D eigenvalue weighted by molar-refractivity contribution is -0.117. The van der Waals surface area contributed by atoms with E-state index in [0.29, 0.717) is 23.6 Å². The molecule has 0 bridgehead atoms.